The highest BCUT2D eigenvalue weighted by Crippen LogP contribution is 2.31. The molecule has 1 aliphatic heterocycles. The van der Waals surface area contributed by atoms with E-state index in [1.165, 1.54) is 16.7 Å². The van der Waals surface area contributed by atoms with Crippen LogP contribution >= 0.6 is 0 Å². The SMILES string of the molecule is C=C(C1=CCOC1CC/C(=C/c1ccccc1O)CC)C(C)C. The Bertz CT molecular complexity index is 608. The van der Waals surface area contributed by atoms with E-state index in [2.05, 4.69) is 39.5 Å². The Kier molecular flexibility index (Phi) is 6.23. The van der Waals surface area contributed by atoms with Crippen LogP contribution in [-0.4, -0.2) is 17.8 Å². The molecule has 1 N–H and O–H groups in total. The van der Waals surface area contributed by atoms with Gasteiger partial charge in [-0.25, -0.2) is 0 Å². The highest BCUT2D eigenvalue weighted by molar-refractivity contribution is 5.59. The number of aromatic hydroxyl groups is 1. The Morgan fingerprint density at radius 2 is 2.13 bits per heavy atom. The Morgan fingerprint density at radius 3 is 2.78 bits per heavy atom. The number of phenolic OH excluding ortho intramolecular Hbond substituents is 1. The van der Waals surface area contributed by atoms with E-state index < -0.39 is 0 Å². The van der Waals surface area contributed by atoms with Crippen molar-refractivity contribution in [3.63, 3.8) is 0 Å². The number of hydrogen-bond acceptors (Lipinski definition) is 2. The van der Waals surface area contributed by atoms with Gasteiger partial charge in [0, 0.05) is 5.56 Å². The van der Waals surface area contributed by atoms with Crippen molar-refractivity contribution < 1.29 is 9.84 Å². The molecule has 0 aromatic heterocycles. The van der Waals surface area contributed by atoms with E-state index in [1.54, 1.807) is 6.07 Å². The summed E-state index contributed by atoms with van der Waals surface area (Å²) in [6.07, 6.45) is 7.34. The topological polar surface area (TPSA) is 29.5 Å². The Labute approximate surface area is 140 Å². The van der Waals surface area contributed by atoms with E-state index in [-0.39, 0.29) is 6.10 Å². The normalized spacial score (nSPS) is 18.3. The van der Waals surface area contributed by atoms with Crippen LogP contribution in [0.1, 0.15) is 45.6 Å². The van der Waals surface area contributed by atoms with Crippen LogP contribution in [-0.2, 0) is 4.74 Å². The van der Waals surface area contributed by atoms with Gasteiger partial charge in [0.15, 0.2) is 0 Å². The van der Waals surface area contributed by atoms with E-state index in [0.717, 1.165) is 24.8 Å². The molecule has 0 saturated heterocycles. The highest BCUT2D eigenvalue weighted by Gasteiger charge is 2.23. The quantitative estimate of drug-likeness (QED) is 0.720. The molecule has 2 rings (SSSR count). The van der Waals surface area contributed by atoms with Crippen LogP contribution < -0.4 is 0 Å². The molecule has 0 aliphatic carbocycles. The van der Waals surface area contributed by atoms with Gasteiger partial charge in [-0.3, -0.25) is 0 Å². The number of phenols is 1. The summed E-state index contributed by atoms with van der Waals surface area (Å²) in [5, 5.41) is 9.92. The third-order valence-electron chi connectivity index (χ3n) is 4.49. The van der Waals surface area contributed by atoms with Gasteiger partial charge < -0.3 is 9.84 Å². The van der Waals surface area contributed by atoms with Crippen LogP contribution in [0.3, 0.4) is 0 Å². The summed E-state index contributed by atoms with van der Waals surface area (Å²) in [6, 6.07) is 7.47. The third-order valence-corrected chi connectivity index (χ3v) is 4.49. The van der Waals surface area contributed by atoms with Crippen molar-refractivity contribution >= 4 is 6.08 Å². The van der Waals surface area contributed by atoms with Gasteiger partial charge in [-0.2, -0.15) is 0 Å². The van der Waals surface area contributed by atoms with E-state index in [0.29, 0.717) is 18.3 Å². The Hall–Kier alpha value is -1.80. The summed E-state index contributed by atoms with van der Waals surface area (Å²) in [6.45, 7) is 11.4. The zero-order valence-corrected chi connectivity index (χ0v) is 14.5. The number of rotatable bonds is 7. The minimum atomic E-state index is 0.157. The lowest BCUT2D eigenvalue weighted by Gasteiger charge is -2.19. The van der Waals surface area contributed by atoms with Crippen LogP contribution in [0.5, 0.6) is 5.75 Å². The summed E-state index contributed by atoms with van der Waals surface area (Å²) < 4.78 is 5.88. The maximum absolute atomic E-state index is 9.92. The van der Waals surface area contributed by atoms with Crippen molar-refractivity contribution in [3.8, 4) is 5.75 Å². The standard InChI is InChI=1S/C21H28O2/c1-5-17(14-18-8-6-7-9-20(18)22)10-11-21-19(12-13-23-21)16(4)15(2)3/h6-9,12,14-15,21-22H,4-5,10-11,13H2,1-3H3/b17-14+. The van der Waals surface area contributed by atoms with Gasteiger partial charge >= 0.3 is 0 Å². The monoisotopic (exact) mass is 312 g/mol. The van der Waals surface area contributed by atoms with Crippen molar-refractivity contribution in [2.75, 3.05) is 6.61 Å². The molecule has 0 spiro atoms. The van der Waals surface area contributed by atoms with Gasteiger partial charge in [0.25, 0.3) is 0 Å². The van der Waals surface area contributed by atoms with Gasteiger partial charge in [0.2, 0.25) is 0 Å². The van der Waals surface area contributed by atoms with Crippen molar-refractivity contribution in [2.45, 2.75) is 46.1 Å². The molecular weight excluding hydrogens is 284 g/mol. The predicted molar refractivity (Wildman–Crippen MR) is 97.4 cm³/mol. The molecule has 1 aromatic rings. The molecule has 0 fully saturated rings. The average molecular weight is 312 g/mol. The highest BCUT2D eigenvalue weighted by atomic mass is 16.5. The molecule has 0 saturated carbocycles. The molecular formula is C21H28O2. The van der Waals surface area contributed by atoms with Crippen LogP contribution in [0.4, 0.5) is 0 Å². The first-order valence-corrected chi connectivity index (χ1v) is 8.51. The number of benzene rings is 1. The molecule has 2 nitrogen and oxygen atoms in total. The molecule has 1 aliphatic rings. The first kappa shape index (κ1) is 17.6. The molecule has 0 radical (unpaired) electrons. The minimum Gasteiger partial charge on any atom is -0.507 e. The fourth-order valence-corrected chi connectivity index (χ4v) is 2.88. The number of para-hydroxylation sites is 1. The zero-order chi connectivity index (χ0) is 16.8. The summed E-state index contributed by atoms with van der Waals surface area (Å²) in [7, 11) is 0. The minimum absolute atomic E-state index is 0.157. The maximum Gasteiger partial charge on any atom is 0.122 e. The van der Waals surface area contributed by atoms with Crippen LogP contribution in [0, 0.1) is 5.92 Å². The lowest BCUT2D eigenvalue weighted by atomic mass is 9.90. The predicted octanol–water partition coefficient (Wildman–Crippen LogP) is 5.50. The van der Waals surface area contributed by atoms with Crippen LogP contribution in [0.2, 0.25) is 0 Å². The average Bonchev–Trinajstić information content (AvgIpc) is 3.00. The van der Waals surface area contributed by atoms with E-state index >= 15 is 0 Å². The first-order valence-electron chi connectivity index (χ1n) is 8.51. The Balaban J connectivity index is 2.02. The van der Waals surface area contributed by atoms with E-state index in [9.17, 15) is 5.11 Å². The summed E-state index contributed by atoms with van der Waals surface area (Å²) in [4.78, 5) is 0. The van der Waals surface area contributed by atoms with E-state index in [4.69, 9.17) is 4.74 Å². The summed E-state index contributed by atoms with van der Waals surface area (Å²) >= 11 is 0. The van der Waals surface area contributed by atoms with Crippen molar-refractivity contribution in [1.29, 1.82) is 0 Å². The third kappa shape index (κ3) is 4.59. The van der Waals surface area contributed by atoms with E-state index in [1.807, 2.05) is 18.2 Å². The fourth-order valence-electron chi connectivity index (χ4n) is 2.88. The molecule has 0 amide bonds. The van der Waals surface area contributed by atoms with Crippen molar-refractivity contribution in [1.82, 2.24) is 0 Å². The maximum atomic E-state index is 9.92. The van der Waals surface area contributed by atoms with Gasteiger partial charge in [-0.05, 0) is 42.4 Å². The largest absolute Gasteiger partial charge is 0.507 e. The molecule has 1 atom stereocenters. The number of allylic oxidation sites excluding steroid dienone is 1. The molecule has 1 aromatic carbocycles. The van der Waals surface area contributed by atoms with Crippen LogP contribution in [0.15, 0.2) is 53.6 Å². The lowest BCUT2D eigenvalue weighted by Crippen LogP contribution is -2.13. The molecule has 1 heterocycles. The van der Waals surface area contributed by atoms with Crippen molar-refractivity contribution in [3.05, 3.63) is 59.2 Å². The molecule has 1 unspecified atom stereocenters. The van der Waals surface area contributed by atoms with Crippen molar-refractivity contribution in [2.24, 2.45) is 5.92 Å². The van der Waals surface area contributed by atoms with Gasteiger partial charge in [-0.1, -0.05) is 63.3 Å². The van der Waals surface area contributed by atoms with Gasteiger partial charge in [-0.15, -0.1) is 0 Å². The number of hydrogen-bond donors (Lipinski definition) is 1. The summed E-state index contributed by atoms with van der Waals surface area (Å²) in [5.74, 6) is 0.789. The Morgan fingerprint density at radius 1 is 1.39 bits per heavy atom. The second-order valence-electron chi connectivity index (χ2n) is 6.42. The molecule has 23 heavy (non-hydrogen) atoms. The summed E-state index contributed by atoms with van der Waals surface area (Å²) in [5.41, 5.74) is 4.68. The molecule has 0 bridgehead atoms. The first-order chi connectivity index (χ1) is 11.0. The molecule has 2 heteroatoms. The van der Waals surface area contributed by atoms with Gasteiger partial charge in [0.1, 0.15) is 5.75 Å². The second kappa shape index (κ2) is 8.16. The van der Waals surface area contributed by atoms with Gasteiger partial charge in [0.05, 0.1) is 12.7 Å². The lowest BCUT2D eigenvalue weighted by molar-refractivity contribution is 0.116. The fraction of sp³-hybridized carbons (Fsp3) is 0.429. The molecule has 124 valence electrons. The zero-order valence-electron chi connectivity index (χ0n) is 14.5. The second-order valence-corrected chi connectivity index (χ2v) is 6.42. The number of ether oxygens (including phenoxy) is 1. The van der Waals surface area contributed by atoms with Crippen LogP contribution in [0.25, 0.3) is 6.08 Å². The smallest absolute Gasteiger partial charge is 0.122 e.